The van der Waals surface area contributed by atoms with Crippen molar-refractivity contribution in [3.8, 4) is 0 Å². The quantitative estimate of drug-likeness (QED) is 0.892. The van der Waals surface area contributed by atoms with Crippen LogP contribution >= 0.6 is 0 Å². The van der Waals surface area contributed by atoms with Gasteiger partial charge in [-0.2, -0.15) is 0 Å². The van der Waals surface area contributed by atoms with Crippen molar-refractivity contribution in [3.63, 3.8) is 0 Å². The summed E-state index contributed by atoms with van der Waals surface area (Å²) in [6.07, 6.45) is 5.44. The lowest BCUT2D eigenvalue weighted by Gasteiger charge is -2.40. The lowest BCUT2D eigenvalue weighted by atomic mass is 9.76. The van der Waals surface area contributed by atoms with E-state index in [1.54, 1.807) is 0 Å². The number of likely N-dealkylation sites (tertiary alicyclic amines) is 1. The second-order valence-electron chi connectivity index (χ2n) is 6.97. The molecule has 0 radical (unpaired) electrons. The Balaban J connectivity index is 1.67. The van der Waals surface area contributed by atoms with Gasteiger partial charge in [-0.05, 0) is 62.6 Å². The molecule has 2 nitrogen and oxygen atoms in total. The molecule has 0 spiro atoms. The van der Waals surface area contributed by atoms with Gasteiger partial charge in [-0.25, -0.2) is 0 Å². The van der Waals surface area contributed by atoms with Gasteiger partial charge in [0.2, 0.25) is 0 Å². The maximum atomic E-state index is 11.0. The first kappa shape index (κ1) is 14.1. The predicted octanol–water partition coefficient (Wildman–Crippen LogP) is 3.47. The molecule has 1 N–H and O–H groups in total. The molecule has 2 aliphatic rings. The number of benzene rings is 1. The van der Waals surface area contributed by atoms with Crippen LogP contribution in [0.1, 0.15) is 50.2 Å². The van der Waals surface area contributed by atoms with E-state index in [0.29, 0.717) is 6.04 Å². The number of hydrogen-bond donors (Lipinski definition) is 1. The van der Waals surface area contributed by atoms with Crippen molar-refractivity contribution in [2.75, 3.05) is 13.1 Å². The van der Waals surface area contributed by atoms with Gasteiger partial charge in [0, 0.05) is 12.6 Å². The van der Waals surface area contributed by atoms with Crippen molar-refractivity contribution in [3.05, 3.63) is 35.4 Å². The van der Waals surface area contributed by atoms with Gasteiger partial charge in [0.25, 0.3) is 0 Å². The van der Waals surface area contributed by atoms with Gasteiger partial charge < -0.3 is 10.0 Å². The normalized spacial score (nSPS) is 35.4. The minimum absolute atomic E-state index is 0.590. The zero-order valence-electron chi connectivity index (χ0n) is 12.8. The van der Waals surface area contributed by atoms with E-state index in [1.165, 1.54) is 25.1 Å². The lowest BCUT2D eigenvalue weighted by Crippen LogP contribution is -2.41. The molecular formula is C18H27NO. The summed E-state index contributed by atoms with van der Waals surface area (Å²) in [5.74, 6) is 0.854. The van der Waals surface area contributed by atoms with Crippen LogP contribution in [0.2, 0.25) is 0 Å². The highest BCUT2D eigenvalue weighted by molar-refractivity contribution is 5.31. The van der Waals surface area contributed by atoms with E-state index in [9.17, 15) is 5.11 Å². The molecule has 110 valence electrons. The Morgan fingerprint density at radius 1 is 1.15 bits per heavy atom. The third kappa shape index (κ3) is 2.64. The van der Waals surface area contributed by atoms with E-state index >= 15 is 0 Å². The van der Waals surface area contributed by atoms with E-state index in [2.05, 4.69) is 43.0 Å². The van der Waals surface area contributed by atoms with Crippen LogP contribution in [0, 0.1) is 12.8 Å². The highest BCUT2D eigenvalue weighted by atomic mass is 16.3. The molecule has 1 aromatic carbocycles. The van der Waals surface area contributed by atoms with Crippen LogP contribution < -0.4 is 0 Å². The first-order valence-electron chi connectivity index (χ1n) is 8.11. The van der Waals surface area contributed by atoms with Crippen molar-refractivity contribution in [2.45, 2.75) is 57.6 Å². The Hall–Kier alpha value is -0.860. The van der Waals surface area contributed by atoms with E-state index in [1.807, 2.05) is 0 Å². The molecule has 0 bridgehead atoms. The fourth-order valence-corrected chi connectivity index (χ4v) is 4.11. The fraction of sp³-hybridized carbons (Fsp3) is 0.667. The van der Waals surface area contributed by atoms with Crippen molar-refractivity contribution in [1.29, 1.82) is 0 Å². The van der Waals surface area contributed by atoms with Crippen LogP contribution in [-0.2, 0) is 5.60 Å². The highest BCUT2D eigenvalue weighted by Gasteiger charge is 2.38. The largest absolute Gasteiger partial charge is 0.385 e. The van der Waals surface area contributed by atoms with Crippen LogP contribution in [0.3, 0.4) is 0 Å². The zero-order chi connectivity index (χ0) is 14.2. The van der Waals surface area contributed by atoms with Gasteiger partial charge in [0.1, 0.15) is 0 Å². The number of aryl methyl sites for hydroxylation is 1. The van der Waals surface area contributed by atoms with Crippen molar-refractivity contribution in [1.82, 2.24) is 4.90 Å². The Labute approximate surface area is 122 Å². The summed E-state index contributed by atoms with van der Waals surface area (Å²) in [6.45, 7) is 6.98. The van der Waals surface area contributed by atoms with Crippen LogP contribution in [0.4, 0.5) is 0 Å². The molecule has 2 fully saturated rings. The third-order valence-electron chi connectivity index (χ3n) is 5.40. The zero-order valence-corrected chi connectivity index (χ0v) is 12.8. The van der Waals surface area contributed by atoms with Crippen molar-refractivity contribution < 1.29 is 5.11 Å². The first-order chi connectivity index (χ1) is 9.58. The average Bonchev–Trinajstić information content (AvgIpc) is 2.86. The predicted molar refractivity (Wildman–Crippen MR) is 82.7 cm³/mol. The molecule has 1 aliphatic heterocycles. The molecule has 1 heterocycles. The molecule has 0 aromatic heterocycles. The molecule has 1 saturated heterocycles. The molecule has 1 aliphatic carbocycles. The summed E-state index contributed by atoms with van der Waals surface area (Å²) in [7, 11) is 0. The summed E-state index contributed by atoms with van der Waals surface area (Å²) >= 11 is 0. The highest BCUT2D eigenvalue weighted by Crippen LogP contribution is 2.40. The minimum atomic E-state index is -0.590. The molecule has 1 unspecified atom stereocenters. The van der Waals surface area contributed by atoms with Gasteiger partial charge in [0.15, 0.2) is 0 Å². The summed E-state index contributed by atoms with van der Waals surface area (Å²) < 4.78 is 0. The first-order valence-corrected chi connectivity index (χ1v) is 8.11. The van der Waals surface area contributed by atoms with E-state index in [4.69, 9.17) is 0 Å². The number of rotatable bonds is 2. The van der Waals surface area contributed by atoms with Crippen molar-refractivity contribution >= 4 is 0 Å². The monoisotopic (exact) mass is 273 g/mol. The Morgan fingerprint density at radius 3 is 2.45 bits per heavy atom. The van der Waals surface area contributed by atoms with Gasteiger partial charge in [-0.3, -0.25) is 0 Å². The minimum Gasteiger partial charge on any atom is -0.385 e. The van der Waals surface area contributed by atoms with Gasteiger partial charge in [-0.1, -0.05) is 31.2 Å². The Bertz CT molecular complexity index is 462. The second kappa shape index (κ2) is 5.50. The second-order valence-corrected chi connectivity index (χ2v) is 6.97. The summed E-state index contributed by atoms with van der Waals surface area (Å²) in [6, 6.07) is 9.02. The van der Waals surface area contributed by atoms with Crippen molar-refractivity contribution in [2.24, 2.45) is 5.92 Å². The molecule has 1 aromatic rings. The summed E-state index contributed by atoms with van der Waals surface area (Å²) in [5, 5.41) is 11.0. The van der Waals surface area contributed by atoms with Gasteiger partial charge >= 0.3 is 0 Å². The maximum Gasteiger partial charge on any atom is 0.0900 e. The summed E-state index contributed by atoms with van der Waals surface area (Å²) in [4.78, 5) is 2.65. The molecule has 0 amide bonds. The average molecular weight is 273 g/mol. The van der Waals surface area contributed by atoms with E-state index in [-0.39, 0.29) is 0 Å². The number of aliphatic hydroxyl groups is 1. The lowest BCUT2D eigenvalue weighted by molar-refractivity contribution is -0.0229. The Kier molecular flexibility index (Phi) is 3.87. The number of nitrogens with zero attached hydrogens (tertiary/aromatic N) is 1. The topological polar surface area (TPSA) is 23.5 Å². The third-order valence-corrected chi connectivity index (χ3v) is 5.40. The van der Waals surface area contributed by atoms with E-state index < -0.39 is 5.60 Å². The molecule has 20 heavy (non-hydrogen) atoms. The van der Waals surface area contributed by atoms with Crippen LogP contribution in [0.15, 0.2) is 24.3 Å². The van der Waals surface area contributed by atoms with Crippen LogP contribution in [0.25, 0.3) is 0 Å². The number of hydrogen-bond acceptors (Lipinski definition) is 2. The smallest absolute Gasteiger partial charge is 0.0900 e. The summed E-state index contributed by atoms with van der Waals surface area (Å²) in [5.41, 5.74) is 1.78. The maximum absolute atomic E-state index is 11.0. The fourth-order valence-electron chi connectivity index (χ4n) is 4.11. The van der Waals surface area contributed by atoms with Gasteiger partial charge in [-0.15, -0.1) is 0 Å². The standard InChI is InChI=1S/C18H27NO/c1-14-9-12-19(13-14)16-7-10-18(20,11-8-16)17-6-4-3-5-15(17)2/h3-6,14,16,20H,7-13H2,1-2H3. The van der Waals surface area contributed by atoms with E-state index in [0.717, 1.165) is 37.2 Å². The SMILES string of the molecule is Cc1ccccc1C1(O)CCC(N2CCC(C)C2)CC1. The molecular weight excluding hydrogens is 246 g/mol. The van der Waals surface area contributed by atoms with Crippen LogP contribution in [0.5, 0.6) is 0 Å². The molecule has 3 rings (SSSR count). The van der Waals surface area contributed by atoms with Gasteiger partial charge in [0.05, 0.1) is 5.60 Å². The van der Waals surface area contributed by atoms with Crippen LogP contribution in [-0.4, -0.2) is 29.1 Å². The molecule has 2 heteroatoms. The Morgan fingerprint density at radius 2 is 1.85 bits per heavy atom. The molecule has 1 atom stereocenters. The molecule has 1 saturated carbocycles.